The zero-order valence-electron chi connectivity index (χ0n) is 13.3. The molecule has 0 aliphatic carbocycles. The van der Waals surface area contributed by atoms with E-state index in [1.807, 2.05) is 13.0 Å². The first kappa shape index (κ1) is 16.7. The van der Waals surface area contributed by atoms with E-state index in [1.54, 1.807) is 42.5 Å². The molecular formula is C19H18ClNO3. The predicted molar refractivity (Wildman–Crippen MR) is 93.4 cm³/mol. The number of carbonyl (C=O) groups excluding carboxylic acids is 2. The van der Waals surface area contributed by atoms with E-state index < -0.39 is 11.5 Å². The first-order chi connectivity index (χ1) is 11.5. The highest BCUT2D eigenvalue weighted by atomic mass is 35.5. The molecule has 1 heterocycles. The summed E-state index contributed by atoms with van der Waals surface area (Å²) in [4.78, 5) is 26.9. The van der Waals surface area contributed by atoms with E-state index >= 15 is 0 Å². The standard InChI is InChI=1S/C19H18ClNO3/c1-2-10-21-16-9-8-14(20)11-15(16)19(24,18(21)23)12-17(22)13-6-4-3-5-7-13/h3-9,11,24H,2,10,12H2,1H3. The molecule has 0 spiro atoms. The molecule has 3 rings (SSSR count). The number of anilines is 1. The number of hydrogen-bond acceptors (Lipinski definition) is 3. The summed E-state index contributed by atoms with van der Waals surface area (Å²) in [5.41, 5.74) is -0.383. The van der Waals surface area contributed by atoms with Gasteiger partial charge in [-0.3, -0.25) is 9.59 Å². The minimum absolute atomic E-state index is 0.282. The van der Waals surface area contributed by atoms with Gasteiger partial charge < -0.3 is 10.0 Å². The highest BCUT2D eigenvalue weighted by Crippen LogP contribution is 2.44. The van der Waals surface area contributed by atoms with Crippen LogP contribution in [0.15, 0.2) is 48.5 Å². The van der Waals surface area contributed by atoms with Crippen LogP contribution >= 0.6 is 11.6 Å². The van der Waals surface area contributed by atoms with Gasteiger partial charge in [-0.25, -0.2) is 0 Å². The molecule has 1 amide bonds. The van der Waals surface area contributed by atoms with Crippen LogP contribution in [0.1, 0.15) is 35.7 Å². The van der Waals surface area contributed by atoms with Crippen LogP contribution in [-0.2, 0) is 10.4 Å². The Morgan fingerprint density at radius 1 is 1.21 bits per heavy atom. The summed E-state index contributed by atoms with van der Waals surface area (Å²) >= 11 is 6.05. The molecule has 0 aromatic heterocycles. The second kappa shape index (κ2) is 6.38. The summed E-state index contributed by atoms with van der Waals surface area (Å²) < 4.78 is 0. The smallest absolute Gasteiger partial charge is 0.264 e. The van der Waals surface area contributed by atoms with E-state index in [0.717, 1.165) is 6.42 Å². The van der Waals surface area contributed by atoms with Gasteiger partial charge in [-0.15, -0.1) is 0 Å². The number of nitrogens with zero attached hydrogens (tertiary/aromatic N) is 1. The van der Waals surface area contributed by atoms with Crippen molar-refractivity contribution in [3.05, 3.63) is 64.7 Å². The van der Waals surface area contributed by atoms with E-state index in [1.165, 1.54) is 4.90 Å². The third-order valence-corrected chi connectivity index (χ3v) is 4.49. The van der Waals surface area contributed by atoms with Gasteiger partial charge in [-0.2, -0.15) is 0 Å². The molecule has 0 bridgehead atoms. The van der Waals surface area contributed by atoms with Crippen molar-refractivity contribution >= 4 is 29.0 Å². The Labute approximate surface area is 145 Å². The number of rotatable bonds is 5. The molecule has 0 radical (unpaired) electrons. The van der Waals surface area contributed by atoms with Gasteiger partial charge in [0.1, 0.15) is 0 Å². The number of aliphatic hydroxyl groups is 1. The van der Waals surface area contributed by atoms with E-state index in [9.17, 15) is 14.7 Å². The second-order valence-electron chi connectivity index (χ2n) is 5.94. The Morgan fingerprint density at radius 2 is 1.92 bits per heavy atom. The molecule has 2 aromatic rings. The largest absolute Gasteiger partial charge is 0.375 e. The topological polar surface area (TPSA) is 57.6 Å². The van der Waals surface area contributed by atoms with Crippen LogP contribution < -0.4 is 4.90 Å². The van der Waals surface area contributed by atoms with Gasteiger partial charge in [0.05, 0.1) is 12.1 Å². The number of Topliss-reactive ketones (excluding diaryl/α,β-unsaturated/α-hetero) is 1. The quantitative estimate of drug-likeness (QED) is 0.844. The molecule has 5 heteroatoms. The Morgan fingerprint density at radius 3 is 2.58 bits per heavy atom. The third kappa shape index (κ3) is 2.72. The van der Waals surface area contributed by atoms with Gasteiger partial charge in [0.15, 0.2) is 11.4 Å². The molecule has 1 unspecified atom stereocenters. The van der Waals surface area contributed by atoms with Crippen molar-refractivity contribution in [3.8, 4) is 0 Å². The van der Waals surface area contributed by atoms with Crippen LogP contribution in [0.5, 0.6) is 0 Å². The molecule has 24 heavy (non-hydrogen) atoms. The minimum Gasteiger partial charge on any atom is -0.375 e. The molecule has 0 saturated carbocycles. The maximum Gasteiger partial charge on any atom is 0.264 e. The number of halogens is 1. The number of carbonyl (C=O) groups is 2. The van der Waals surface area contributed by atoms with Crippen molar-refractivity contribution in [3.63, 3.8) is 0 Å². The lowest BCUT2D eigenvalue weighted by Crippen LogP contribution is -2.42. The van der Waals surface area contributed by atoms with Crippen LogP contribution in [0, 0.1) is 0 Å². The highest BCUT2D eigenvalue weighted by molar-refractivity contribution is 6.31. The minimum atomic E-state index is -1.87. The molecule has 124 valence electrons. The summed E-state index contributed by atoms with van der Waals surface area (Å²) in [5.74, 6) is -0.748. The van der Waals surface area contributed by atoms with E-state index in [0.29, 0.717) is 28.4 Å². The number of benzene rings is 2. The molecule has 4 nitrogen and oxygen atoms in total. The monoisotopic (exact) mass is 343 g/mol. The zero-order valence-corrected chi connectivity index (χ0v) is 14.1. The molecule has 1 aliphatic rings. The Kier molecular flexibility index (Phi) is 4.43. The van der Waals surface area contributed by atoms with E-state index in [4.69, 9.17) is 11.6 Å². The fraction of sp³-hybridized carbons (Fsp3) is 0.263. The number of amides is 1. The van der Waals surface area contributed by atoms with Crippen molar-refractivity contribution in [2.45, 2.75) is 25.4 Å². The Hall–Kier alpha value is -2.17. The average molecular weight is 344 g/mol. The first-order valence-electron chi connectivity index (χ1n) is 7.90. The SMILES string of the molecule is CCCN1C(=O)C(O)(CC(=O)c2ccccc2)c2cc(Cl)ccc21. The Bertz CT molecular complexity index is 790. The third-order valence-electron chi connectivity index (χ3n) is 4.25. The fourth-order valence-electron chi connectivity index (χ4n) is 3.10. The van der Waals surface area contributed by atoms with Gasteiger partial charge in [0, 0.05) is 22.7 Å². The normalized spacial score (nSPS) is 19.5. The number of hydrogen-bond donors (Lipinski definition) is 1. The molecule has 1 aliphatic heterocycles. The molecule has 1 N–H and O–H groups in total. The zero-order chi connectivity index (χ0) is 17.3. The van der Waals surface area contributed by atoms with Gasteiger partial charge in [0.25, 0.3) is 5.91 Å². The van der Waals surface area contributed by atoms with Crippen LogP contribution in [-0.4, -0.2) is 23.3 Å². The van der Waals surface area contributed by atoms with Crippen molar-refractivity contribution in [1.29, 1.82) is 0 Å². The lowest BCUT2D eigenvalue weighted by Gasteiger charge is -2.22. The van der Waals surface area contributed by atoms with Gasteiger partial charge >= 0.3 is 0 Å². The number of ketones is 1. The molecule has 1 atom stereocenters. The van der Waals surface area contributed by atoms with Crippen molar-refractivity contribution < 1.29 is 14.7 Å². The summed E-state index contributed by atoms with van der Waals surface area (Å²) in [6, 6.07) is 13.6. The van der Waals surface area contributed by atoms with Crippen molar-refractivity contribution in [1.82, 2.24) is 0 Å². The second-order valence-corrected chi connectivity index (χ2v) is 6.38. The van der Waals surface area contributed by atoms with E-state index in [2.05, 4.69) is 0 Å². The van der Waals surface area contributed by atoms with E-state index in [-0.39, 0.29) is 12.2 Å². The number of fused-ring (bicyclic) bond motifs is 1. The van der Waals surface area contributed by atoms with Crippen LogP contribution in [0.25, 0.3) is 0 Å². The van der Waals surface area contributed by atoms with Gasteiger partial charge in [-0.1, -0.05) is 48.9 Å². The summed E-state index contributed by atoms with van der Waals surface area (Å²) in [7, 11) is 0. The van der Waals surface area contributed by atoms with Crippen LogP contribution in [0.2, 0.25) is 5.02 Å². The average Bonchev–Trinajstić information content (AvgIpc) is 2.78. The van der Waals surface area contributed by atoms with Crippen molar-refractivity contribution in [2.24, 2.45) is 0 Å². The summed E-state index contributed by atoms with van der Waals surface area (Å²) in [6.07, 6.45) is 0.444. The first-order valence-corrected chi connectivity index (χ1v) is 8.28. The fourth-order valence-corrected chi connectivity index (χ4v) is 3.27. The lowest BCUT2D eigenvalue weighted by molar-refractivity contribution is -0.135. The predicted octanol–water partition coefficient (Wildman–Crippen LogP) is 3.56. The maximum absolute atomic E-state index is 12.8. The molecule has 0 fully saturated rings. The van der Waals surface area contributed by atoms with Gasteiger partial charge in [-0.05, 0) is 24.6 Å². The maximum atomic E-state index is 12.8. The van der Waals surface area contributed by atoms with Gasteiger partial charge in [0.2, 0.25) is 0 Å². The van der Waals surface area contributed by atoms with Crippen LogP contribution in [0.4, 0.5) is 5.69 Å². The molecule has 0 saturated heterocycles. The summed E-state index contributed by atoms with van der Waals surface area (Å²) in [6.45, 7) is 2.44. The lowest BCUT2D eigenvalue weighted by atomic mass is 9.88. The molecule has 2 aromatic carbocycles. The van der Waals surface area contributed by atoms with Crippen molar-refractivity contribution in [2.75, 3.05) is 11.4 Å². The highest BCUT2D eigenvalue weighted by Gasteiger charge is 2.50. The van der Waals surface area contributed by atoms with Crippen LogP contribution in [0.3, 0.4) is 0 Å². The Balaban J connectivity index is 2.01. The summed E-state index contributed by atoms with van der Waals surface area (Å²) in [5, 5.41) is 11.5. The molecular weight excluding hydrogens is 326 g/mol.